The zero-order valence-electron chi connectivity index (χ0n) is 12.8. The summed E-state index contributed by atoms with van der Waals surface area (Å²) in [5, 5.41) is 14.1. The molecule has 0 bridgehead atoms. The molecule has 2 heterocycles. The summed E-state index contributed by atoms with van der Waals surface area (Å²) in [6.45, 7) is 0. The van der Waals surface area contributed by atoms with E-state index in [2.05, 4.69) is 39.4 Å². The molecule has 0 atom stereocenters. The Hall–Kier alpha value is -2.73. The molecule has 5 nitrogen and oxygen atoms in total. The molecule has 0 amide bonds. The Morgan fingerprint density at radius 2 is 1.61 bits per heavy atom. The van der Waals surface area contributed by atoms with Gasteiger partial charge in [0.2, 0.25) is 4.96 Å². The van der Waals surface area contributed by atoms with Crippen LogP contribution in [0.25, 0.3) is 26.9 Å². The smallest absolute Gasteiger partial charge is 0.235 e. The first-order valence-electron chi connectivity index (χ1n) is 7.28. The van der Waals surface area contributed by atoms with Crippen LogP contribution in [0, 0.1) is 0 Å². The summed E-state index contributed by atoms with van der Waals surface area (Å²) < 4.78 is 1.81. The molecule has 0 aliphatic rings. The molecule has 0 unspecified atom stereocenters. The molecule has 0 fully saturated rings. The van der Waals surface area contributed by atoms with Gasteiger partial charge in [-0.2, -0.15) is 9.61 Å². The second-order valence-electron chi connectivity index (χ2n) is 5.43. The highest BCUT2D eigenvalue weighted by Crippen LogP contribution is 2.29. The largest absolute Gasteiger partial charge is 0.378 e. The summed E-state index contributed by atoms with van der Waals surface area (Å²) >= 11 is 1.54. The molecule has 0 N–H and O–H groups in total. The monoisotopic (exact) mass is 321 g/mol. The summed E-state index contributed by atoms with van der Waals surface area (Å²) in [5.41, 5.74) is 3.27. The fourth-order valence-electron chi connectivity index (χ4n) is 2.40. The maximum atomic E-state index is 4.69. The molecule has 0 saturated carbocycles. The SMILES string of the molecule is CN(C)c1ccc(-c2nn3c(-c4ccccc4)nnc3s2)cc1. The Labute approximate surface area is 137 Å². The van der Waals surface area contributed by atoms with Gasteiger partial charge in [0.25, 0.3) is 0 Å². The van der Waals surface area contributed by atoms with Crippen molar-refractivity contribution in [1.29, 1.82) is 0 Å². The first-order chi connectivity index (χ1) is 11.2. The van der Waals surface area contributed by atoms with Gasteiger partial charge >= 0.3 is 0 Å². The summed E-state index contributed by atoms with van der Waals surface area (Å²) in [4.78, 5) is 2.88. The number of hydrogen-bond acceptors (Lipinski definition) is 5. The Kier molecular flexibility index (Phi) is 3.31. The van der Waals surface area contributed by atoms with Crippen molar-refractivity contribution >= 4 is 22.0 Å². The van der Waals surface area contributed by atoms with Gasteiger partial charge in [0.15, 0.2) is 5.82 Å². The topological polar surface area (TPSA) is 46.3 Å². The van der Waals surface area contributed by atoms with Gasteiger partial charge in [-0.15, -0.1) is 10.2 Å². The third-order valence-electron chi connectivity index (χ3n) is 3.65. The molecular formula is C17H15N5S. The van der Waals surface area contributed by atoms with Crippen molar-refractivity contribution in [3.8, 4) is 22.0 Å². The zero-order chi connectivity index (χ0) is 15.8. The quantitative estimate of drug-likeness (QED) is 0.578. The van der Waals surface area contributed by atoms with Crippen LogP contribution < -0.4 is 4.90 Å². The molecule has 4 rings (SSSR count). The molecule has 4 aromatic rings. The minimum Gasteiger partial charge on any atom is -0.378 e. The minimum absolute atomic E-state index is 0.771. The molecule has 2 aromatic carbocycles. The molecular weight excluding hydrogens is 306 g/mol. The molecule has 23 heavy (non-hydrogen) atoms. The van der Waals surface area contributed by atoms with Crippen LogP contribution in [0.15, 0.2) is 54.6 Å². The van der Waals surface area contributed by atoms with E-state index in [1.165, 1.54) is 5.69 Å². The summed E-state index contributed by atoms with van der Waals surface area (Å²) in [6.07, 6.45) is 0. The highest BCUT2D eigenvalue weighted by Gasteiger charge is 2.14. The van der Waals surface area contributed by atoms with Gasteiger partial charge < -0.3 is 4.90 Å². The lowest BCUT2D eigenvalue weighted by Crippen LogP contribution is -2.07. The van der Waals surface area contributed by atoms with E-state index >= 15 is 0 Å². The van der Waals surface area contributed by atoms with Gasteiger partial charge in [0, 0.05) is 30.9 Å². The van der Waals surface area contributed by atoms with Gasteiger partial charge in [-0.05, 0) is 24.3 Å². The molecule has 0 saturated heterocycles. The molecule has 0 spiro atoms. The molecule has 0 radical (unpaired) electrons. The summed E-state index contributed by atoms with van der Waals surface area (Å²) in [6, 6.07) is 18.4. The van der Waals surface area contributed by atoms with E-state index in [4.69, 9.17) is 5.10 Å². The lowest BCUT2D eigenvalue weighted by molar-refractivity contribution is 0.970. The van der Waals surface area contributed by atoms with Crippen molar-refractivity contribution < 1.29 is 0 Å². The van der Waals surface area contributed by atoms with Gasteiger partial charge in [-0.3, -0.25) is 0 Å². The van der Waals surface area contributed by atoms with Crippen LogP contribution in [0.1, 0.15) is 0 Å². The van der Waals surface area contributed by atoms with Crippen LogP contribution in [-0.2, 0) is 0 Å². The lowest BCUT2D eigenvalue weighted by atomic mass is 10.2. The number of hydrogen-bond donors (Lipinski definition) is 0. The molecule has 6 heteroatoms. The van der Waals surface area contributed by atoms with Crippen molar-refractivity contribution in [2.75, 3.05) is 19.0 Å². The Morgan fingerprint density at radius 3 is 2.30 bits per heavy atom. The number of fused-ring (bicyclic) bond motifs is 1. The van der Waals surface area contributed by atoms with E-state index < -0.39 is 0 Å². The average Bonchev–Trinajstić information content (AvgIpc) is 3.16. The fraction of sp³-hybridized carbons (Fsp3) is 0.118. The third-order valence-corrected chi connectivity index (χ3v) is 4.60. The minimum atomic E-state index is 0.771. The van der Waals surface area contributed by atoms with Crippen LogP contribution in [0.4, 0.5) is 5.69 Å². The molecule has 114 valence electrons. The first kappa shape index (κ1) is 13.9. The Balaban J connectivity index is 1.76. The number of nitrogens with zero attached hydrogens (tertiary/aromatic N) is 5. The van der Waals surface area contributed by atoms with E-state index in [0.29, 0.717) is 0 Å². The van der Waals surface area contributed by atoms with Crippen LogP contribution in [-0.4, -0.2) is 33.9 Å². The normalized spacial score (nSPS) is 11.0. The highest BCUT2D eigenvalue weighted by molar-refractivity contribution is 7.19. The number of rotatable bonds is 3. The number of benzene rings is 2. The molecule has 0 aliphatic heterocycles. The highest BCUT2D eigenvalue weighted by atomic mass is 32.1. The molecule has 0 aliphatic carbocycles. The standard InChI is InChI=1S/C17H15N5S/c1-21(2)14-10-8-13(9-11-14)16-20-22-15(18-19-17(22)23-16)12-6-4-3-5-7-12/h3-11H,1-2H3. The van der Waals surface area contributed by atoms with Crippen molar-refractivity contribution in [3.63, 3.8) is 0 Å². The van der Waals surface area contributed by atoms with Crippen molar-refractivity contribution in [2.45, 2.75) is 0 Å². The van der Waals surface area contributed by atoms with Crippen molar-refractivity contribution in [1.82, 2.24) is 19.8 Å². The van der Waals surface area contributed by atoms with E-state index in [-0.39, 0.29) is 0 Å². The van der Waals surface area contributed by atoms with Crippen LogP contribution in [0.5, 0.6) is 0 Å². The lowest BCUT2D eigenvalue weighted by Gasteiger charge is -2.11. The van der Waals surface area contributed by atoms with Gasteiger partial charge in [-0.1, -0.05) is 41.7 Å². The summed E-state index contributed by atoms with van der Waals surface area (Å²) in [7, 11) is 4.06. The maximum absolute atomic E-state index is 4.69. The second-order valence-corrected chi connectivity index (χ2v) is 6.39. The Bertz CT molecular complexity index is 938. The van der Waals surface area contributed by atoms with E-state index in [9.17, 15) is 0 Å². The van der Waals surface area contributed by atoms with Crippen LogP contribution >= 0.6 is 11.3 Å². The second kappa shape index (κ2) is 5.48. The third kappa shape index (κ3) is 2.47. The zero-order valence-corrected chi connectivity index (χ0v) is 13.7. The van der Waals surface area contributed by atoms with Crippen molar-refractivity contribution in [3.05, 3.63) is 54.6 Å². The predicted molar refractivity (Wildman–Crippen MR) is 93.9 cm³/mol. The summed E-state index contributed by atoms with van der Waals surface area (Å²) in [5.74, 6) is 0.771. The molecule has 2 aromatic heterocycles. The van der Waals surface area contributed by atoms with Crippen LogP contribution in [0.2, 0.25) is 0 Å². The number of aromatic nitrogens is 4. The van der Waals surface area contributed by atoms with Crippen molar-refractivity contribution in [2.24, 2.45) is 0 Å². The van der Waals surface area contributed by atoms with Gasteiger partial charge in [0.05, 0.1) is 0 Å². The van der Waals surface area contributed by atoms with E-state index in [1.807, 2.05) is 48.9 Å². The maximum Gasteiger partial charge on any atom is 0.235 e. The van der Waals surface area contributed by atoms with Gasteiger partial charge in [0.1, 0.15) is 5.01 Å². The average molecular weight is 321 g/mol. The fourth-order valence-corrected chi connectivity index (χ4v) is 3.25. The first-order valence-corrected chi connectivity index (χ1v) is 8.09. The van der Waals surface area contributed by atoms with Crippen LogP contribution in [0.3, 0.4) is 0 Å². The van der Waals surface area contributed by atoms with Gasteiger partial charge in [-0.25, -0.2) is 0 Å². The Morgan fingerprint density at radius 1 is 0.870 bits per heavy atom. The van der Waals surface area contributed by atoms with E-state index in [0.717, 1.165) is 26.9 Å². The number of anilines is 1. The van der Waals surface area contributed by atoms with E-state index in [1.54, 1.807) is 11.3 Å². The predicted octanol–water partition coefficient (Wildman–Crippen LogP) is 3.59.